The molecule has 0 saturated carbocycles. The normalized spacial score (nSPS) is 11.9. The van der Waals surface area contributed by atoms with Gasteiger partial charge in [0.15, 0.2) is 10.9 Å². The van der Waals surface area contributed by atoms with E-state index in [1.54, 1.807) is 0 Å². The van der Waals surface area contributed by atoms with Gasteiger partial charge in [-0.3, -0.25) is 14.2 Å². The maximum Gasteiger partial charge on any atom is 0.231 e. The van der Waals surface area contributed by atoms with Crippen LogP contribution in [0.2, 0.25) is 0 Å². The predicted molar refractivity (Wildman–Crippen MR) is 125 cm³/mol. The summed E-state index contributed by atoms with van der Waals surface area (Å²) in [7, 11) is 0. The van der Waals surface area contributed by atoms with Gasteiger partial charge in [-0.15, -0.1) is 0 Å². The summed E-state index contributed by atoms with van der Waals surface area (Å²) in [4.78, 5) is 29.5. The van der Waals surface area contributed by atoms with Crippen molar-refractivity contribution in [1.29, 1.82) is 0 Å². The third kappa shape index (κ3) is 5.03. The van der Waals surface area contributed by atoms with E-state index in [1.807, 2.05) is 84.9 Å². The Morgan fingerprint density at radius 2 is 1.58 bits per heavy atom. The van der Waals surface area contributed by atoms with Crippen LogP contribution in [0.3, 0.4) is 0 Å². The van der Waals surface area contributed by atoms with Crippen molar-refractivity contribution < 1.29 is 9.59 Å². The van der Waals surface area contributed by atoms with E-state index >= 15 is 0 Å². The van der Waals surface area contributed by atoms with E-state index < -0.39 is 6.04 Å². The highest BCUT2D eigenvalue weighted by atomic mass is 32.2. The van der Waals surface area contributed by atoms with Gasteiger partial charge in [-0.1, -0.05) is 72.4 Å². The number of rotatable bonds is 8. The average Bonchev–Trinajstić information content (AvgIpc) is 3.17. The van der Waals surface area contributed by atoms with Gasteiger partial charge in [0, 0.05) is 5.69 Å². The number of thioether (sulfide) groups is 1. The molecule has 156 valence electrons. The molecule has 1 atom stereocenters. The Bertz CT molecular complexity index is 1190. The predicted octanol–water partition coefficient (Wildman–Crippen LogP) is 4.43. The minimum Gasteiger partial charge on any atom is -0.345 e. The highest BCUT2D eigenvalue weighted by Crippen LogP contribution is 2.27. The van der Waals surface area contributed by atoms with Gasteiger partial charge in [0.2, 0.25) is 5.91 Å². The van der Waals surface area contributed by atoms with Crippen LogP contribution in [-0.2, 0) is 16.0 Å². The molecular weight excluding hydrogens is 406 g/mol. The molecular formula is C25H23N3O2S. The topological polar surface area (TPSA) is 64.0 Å². The number of para-hydroxylation sites is 3. The third-order valence-electron chi connectivity index (χ3n) is 4.99. The van der Waals surface area contributed by atoms with Crippen molar-refractivity contribution in [2.45, 2.75) is 24.5 Å². The first kappa shape index (κ1) is 20.9. The molecule has 1 aromatic heterocycles. The molecule has 6 heteroatoms. The van der Waals surface area contributed by atoms with Crippen LogP contribution < -0.4 is 5.32 Å². The summed E-state index contributed by atoms with van der Waals surface area (Å²) in [6.45, 7) is 1.51. The fourth-order valence-electron chi connectivity index (χ4n) is 3.44. The van der Waals surface area contributed by atoms with Crippen LogP contribution in [0.15, 0.2) is 90.1 Å². The first-order chi connectivity index (χ1) is 15.1. The summed E-state index contributed by atoms with van der Waals surface area (Å²) < 4.78 is 2.06. The smallest absolute Gasteiger partial charge is 0.231 e. The van der Waals surface area contributed by atoms with E-state index in [9.17, 15) is 9.59 Å². The van der Waals surface area contributed by atoms with Gasteiger partial charge in [-0.05, 0) is 43.2 Å². The van der Waals surface area contributed by atoms with Gasteiger partial charge in [-0.2, -0.15) is 0 Å². The van der Waals surface area contributed by atoms with E-state index in [0.29, 0.717) is 6.42 Å². The molecule has 1 N–H and O–H groups in total. The molecule has 0 saturated heterocycles. The van der Waals surface area contributed by atoms with E-state index in [4.69, 9.17) is 4.98 Å². The number of carbonyl (C=O) groups excluding carboxylic acids is 2. The highest BCUT2D eigenvalue weighted by Gasteiger charge is 2.19. The van der Waals surface area contributed by atoms with Crippen LogP contribution in [0.4, 0.5) is 0 Å². The maximum atomic E-state index is 12.7. The summed E-state index contributed by atoms with van der Waals surface area (Å²) in [6.07, 6.45) is 0.481. The van der Waals surface area contributed by atoms with Gasteiger partial charge in [0.25, 0.3) is 0 Å². The number of carbonyl (C=O) groups is 2. The lowest BCUT2D eigenvalue weighted by molar-refractivity contribution is -0.125. The number of imidazole rings is 1. The molecule has 1 heterocycles. The van der Waals surface area contributed by atoms with Crippen LogP contribution in [0.25, 0.3) is 16.7 Å². The van der Waals surface area contributed by atoms with Crippen molar-refractivity contribution in [3.8, 4) is 5.69 Å². The molecule has 3 aromatic carbocycles. The molecule has 0 spiro atoms. The number of aromatic nitrogens is 2. The van der Waals surface area contributed by atoms with E-state index in [2.05, 4.69) is 9.88 Å². The molecule has 1 amide bonds. The first-order valence-electron chi connectivity index (χ1n) is 10.1. The third-order valence-corrected chi connectivity index (χ3v) is 5.92. The van der Waals surface area contributed by atoms with Gasteiger partial charge in [0.1, 0.15) is 0 Å². The van der Waals surface area contributed by atoms with Crippen LogP contribution in [0.5, 0.6) is 0 Å². The highest BCUT2D eigenvalue weighted by molar-refractivity contribution is 7.99. The summed E-state index contributed by atoms with van der Waals surface area (Å²) in [5, 5.41) is 3.62. The second kappa shape index (κ2) is 9.62. The van der Waals surface area contributed by atoms with Gasteiger partial charge < -0.3 is 5.32 Å². The number of hydrogen-bond donors (Lipinski definition) is 1. The summed E-state index contributed by atoms with van der Waals surface area (Å²) in [5.41, 5.74) is 3.87. The standard InChI is InChI=1S/C25H23N3O2S/c1-18(29)22(16-19-10-4-2-5-11-19)26-24(30)17-31-25-27-21-14-8-9-15-23(21)28(25)20-12-6-3-7-13-20/h2-15,22H,16-17H2,1H3,(H,26,30)/t22-/m1/s1. The van der Waals surface area contributed by atoms with Crippen molar-refractivity contribution in [2.75, 3.05) is 5.75 Å². The van der Waals surface area contributed by atoms with Crippen LogP contribution >= 0.6 is 11.8 Å². The van der Waals surface area contributed by atoms with Crippen LogP contribution in [0.1, 0.15) is 12.5 Å². The monoisotopic (exact) mass is 429 g/mol. The Morgan fingerprint density at radius 3 is 2.29 bits per heavy atom. The first-order valence-corrected chi connectivity index (χ1v) is 11.1. The van der Waals surface area contributed by atoms with E-state index in [1.165, 1.54) is 18.7 Å². The van der Waals surface area contributed by atoms with Gasteiger partial charge in [-0.25, -0.2) is 4.98 Å². The Balaban J connectivity index is 1.50. The lowest BCUT2D eigenvalue weighted by Crippen LogP contribution is -2.42. The zero-order valence-electron chi connectivity index (χ0n) is 17.2. The molecule has 0 fully saturated rings. The minimum absolute atomic E-state index is 0.0567. The fraction of sp³-hybridized carbons (Fsp3) is 0.160. The summed E-state index contributed by atoms with van der Waals surface area (Å²) in [5.74, 6) is -0.0686. The number of benzene rings is 3. The van der Waals surface area contributed by atoms with Gasteiger partial charge >= 0.3 is 0 Å². The lowest BCUT2D eigenvalue weighted by atomic mass is 10.0. The Labute approximate surface area is 185 Å². The second-order valence-corrected chi connectivity index (χ2v) is 8.21. The SMILES string of the molecule is CC(=O)[C@@H](Cc1ccccc1)NC(=O)CSc1nc2ccccc2n1-c1ccccc1. The summed E-state index contributed by atoms with van der Waals surface area (Å²) in [6, 6.07) is 27.0. The molecule has 0 aliphatic rings. The summed E-state index contributed by atoms with van der Waals surface area (Å²) >= 11 is 1.36. The van der Waals surface area contributed by atoms with Crippen molar-refractivity contribution in [2.24, 2.45) is 0 Å². The average molecular weight is 430 g/mol. The zero-order chi connectivity index (χ0) is 21.6. The number of hydrogen-bond acceptors (Lipinski definition) is 4. The number of nitrogens with zero attached hydrogens (tertiary/aromatic N) is 2. The number of fused-ring (bicyclic) bond motifs is 1. The quantitative estimate of drug-likeness (QED) is 0.421. The molecule has 4 rings (SSSR count). The Hall–Kier alpha value is -3.38. The molecule has 0 radical (unpaired) electrons. The van der Waals surface area contributed by atoms with Crippen molar-refractivity contribution in [3.63, 3.8) is 0 Å². The lowest BCUT2D eigenvalue weighted by Gasteiger charge is -2.16. The van der Waals surface area contributed by atoms with Gasteiger partial charge in [0.05, 0.1) is 22.8 Å². The van der Waals surface area contributed by atoms with E-state index in [-0.39, 0.29) is 17.4 Å². The van der Waals surface area contributed by atoms with Crippen molar-refractivity contribution in [3.05, 3.63) is 90.5 Å². The molecule has 31 heavy (non-hydrogen) atoms. The van der Waals surface area contributed by atoms with E-state index in [0.717, 1.165) is 27.4 Å². The number of nitrogens with one attached hydrogen (secondary N) is 1. The number of ketones is 1. The largest absolute Gasteiger partial charge is 0.345 e. The molecule has 0 bridgehead atoms. The van der Waals surface area contributed by atoms with Crippen LogP contribution in [0, 0.1) is 0 Å². The van der Waals surface area contributed by atoms with Crippen molar-refractivity contribution >= 4 is 34.5 Å². The fourth-order valence-corrected chi connectivity index (χ4v) is 4.28. The maximum absolute atomic E-state index is 12.7. The molecule has 4 aromatic rings. The minimum atomic E-state index is -0.538. The van der Waals surface area contributed by atoms with Crippen molar-refractivity contribution in [1.82, 2.24) is 14.9 Å². The Kier molecular flexibility index (Phi) is 6.48. The Morgan fingerprint density at radius 1 is 0.935 bits per heavy atom. The zero-order valence-corrected chi connectivity index (χ0v) is 18.0. The van der Waals surface area contributed by atoms with Crippen LogP contribution in [-0.4, -0.2) is 33.0 Å². The second-order valence-electron chi connectivity index (χ2n) is 7.26. The number of amides is 1. The molecule has 0 aliphatic heterocycles. The molecule has 0 aliphatic carbocycles. The number of Topliss-reactive ketones (excluding diaryl/α,β-unsaturated/α-hetero) is 1. The molecule has 0 unspecified atom stereocenters. The molecule has 5 nitrogen and oxygen atoms in total.